The standard InChI is InChI=1S/C11H6ClN3OS/c12-9-1-3-14-6-8(9)10(16)15-11-7(5-13)2-4-17-11/h1-4,6H,(H,15,16). The highest BCUT2D eigenvalue weighted by Gasteiger charge is 2.13. The predicted octanol–water partition coefficient (Wildman–Crippen LogP) is 2.92. The molecule has 2 aromatic heterocycles. The molecule has 0 bridgehead atoms. The van der Waals surface area contributed by atoms with E-state index in [1.54, 1.807) is 11.4 Å². The second kappa shape index (κ2) is 4.95. The molecule has 84 valence electrons. The second-order valence-corrected chi connectivity index (χ2v) is 4.41. The Kier molecular flexibility index (Phi) is 3.38. The predicted molar refractivity (Wildman–Crippen MR) is 66.2 cm³/mol. The fraction of sp³-hybridized carbons (Fsp3) is 0. The van der Waals surface area contributed by atoms with E-state index in [1.165, 1.54) is 29.8 Å². The number of carbonyl (C=O) groups is 1. The minimum atomic E-state index is -0.373. The summed E-state index contributed by atoms with van der Waals surface area (Å²) in [5.41, 5.74) is 0.717. The summed E-state index contributed by atoms with van der Waals surface area (Å²) in [6.45, 7) is 0. The lowest BCUT2D eigenvalue weighted by molar-refractivity contribution is 0.102. The van der Waals surface area contributed by atoms with Crippen molar-refractivity contribution in [3.63, 3.8) is 0 Å². The van der Waals surface area contributed by atoms with E-state index in [1.807, 2.05) is 6.07 Å². The van der Waals surface area contributed by atoms with Crippen molar-refractivity contribution in [1.29, 1.82) is 5.26 Å². The SMILES string of the molecule is N#Cc1ccsc1NC(=O)c1cnccc1Cl. The van der Waals surface area contributed by atoms with Gasteiger partial charge in [0.15, 0.2) is 0 Å². The van der Waals surface area contributed by atoms with E-state index in [9.17, 15) is 4.79 Å². The van der Waals surface area contributed by atoms with Gasteiger partial charge in [0.1, 0.15) is 11.1 Å². The number of amides is 1. The largest absolute Gasteiger partial charge is 0.312 e. The Morgan fingerprint density at radius 3 is 3.06 bits per heavy atom. The van der Waals surface area contributed by atoms with Crippen LogP contribution < -0.4 is 5.32 Å². The zero-order valence-electron chi connectivity index (χ0n) is 8.48. The van der Waals surface area contributed by atoms with Gasteiger partial charge in [0.05, 0.1) is 16.1 Å². The van der Waals surface area contributed by atoms with Gasteiger partial charge >= 0.3 is 0 Å². The van der Waals surface area contributed by atoms with Crippen molar-refractivity contribution in [3.05, 3.63) is 46.1 Å². The Morgan fingerprint density at radius 1 is 1.53 bits per heavy atom. The third kappa shape index (κ3) is 2.44. The number of pyridine rings is 1. The molecule has 1 amide bonds. The summed E-state index contributed by atoms with van der Waals surface area (Å²) in [5, 5.41) is 14.0. The first-order chi connectivity index (χ1) is 8.22. The second-order valence-electron chi connectivity index (χ2n) is 3.08. The molecule has 4 nitrogen and oxygen atoms in total. The molecule has 2 heterocycles. The Morgan fingerprint density at radius 2 is 2.35 bits per heavy atom. The summed E-state index contributed by atoms with van der Waals surface area (Å²) in [6.07, 6.45) is 2.89. The van der Waals surface area contributed by atoms with Gasteiger partial charge in [0, 0.05) is 12.4 Å². The molecular formula is C11H6ClN3OS. The zero-order valence-corrected chi connectivity index (χ0v) is 10.0. The maximum Gasteiger partial charge on any atom is 0.259 e. The van der Waals surface area contributed by atoms with Crippen LogP contribution in [0.1, 0.15) is 15.9 Å². The van der Waals surface area contributed by atoms with Gasteiger partial charge in [-0.05, 0) is 17.5 Å². The van der Waals surface area contributed by atoms with E-state index in [4.69, 9.17) is 16.9 Å². The van der Waals surface area contributed by atoms with Gasteiger partial charge in [0.2, 0.25) is 0 Å². The summed E-state index contributed by atoms with van der Waals surface area (Å²) < 4.78 is 0. The van der Waals surface area contributed by atoms with Crippen LogP contribution in [0, 0.1) is 11.3 Å². The number of halogens is 1. The number of thiophene rings is 1. The van der Waals surface area contributed by atoms with Crippen LogP contribution >= 0.6 is 22.9 Å². The average molecular weight is 264 g/mol. The zero-order chi connectivity index (χ0) is 12.3. The molecule has 0 atom stereocenters. The van der Waals surface area contributed by atoms with Gasteiger partial charge < -0.3 is 5.32 Å². The third-order valence-corrected chi connectivity index (χ3v) is 3.18. The van der Waals surface area contributed by atoms with Crippen LogP contribution in [0.5, 0.6) is 0 Å². The van der Waals surface area contributed by atoms with E-state index in [0.29, 0.717) is 15.6 Å². The van der Waals surface area contributed by atoms with E-state index in [2.05, 4.69) is 10.3 Å². The lowest BCUT2D eigenvalue weighted by Crippen LogP contribution is -2.12. The average Bonchev–Trinajstić information content (AvgIpc) is 2.76. The Balaban J connectivity index is 2.24. The van der Waals surface area contributed by atoms with Crippen LogP contribution in [-0.2, 0) is 0 Å². The molecule has 0 aliphatic heterocycles. The number of nitriles is 1. The Hall–Kier alpha value is -1.90. The molecule has 17 heavy (non-hydrogen) atoms. The number of hydrogen-bond acceptors (Lipinski definition) is 4. The van der Waals surface area contributed by atoms with Crippen LogP contribution in [0.4, 0.5) is 5.00 Å². The van der Waals surface area contributed by atoms with Crippen molar-refractivity contribution in [1.82, 2.24) is 4.98 Å². The van der Waals surface area contributed by atoms with Gasteiger partial charge in [-0.15, -0.1) is 11.3 Å². The highest BCUT2D eigenvalue weighted by Crippen LogP contribution is 2.23. The quantitative estimate of drug-likeness (QED) is 0.906. The number of nitrogens with zero attached hydrogens (tertiary/aromatic N) is 2. The van der Waals surface area contributed by atoms with Crippen LogP contribution in [0.25, 0.3) is 0 Å². The number of nitrogens with one attached hydrogen (secondary N) is 1. The fourth-order valence-electron chi connectivity index (χ4n) is 1.21. The molecule has 0 aliphatic rings. The topological polar surface area (TPSA) is 65.8 Å². The van der Waals surface area contributed by atoms with Gasteiger partial charge in [-0.2, -0.15) is 5.26 Å². The minimum absolute atomic E-state index is 0.284. The first-order valence-electron chi connectivity index (χ1n) is 4.61. The molecular weight excluding hydrogens is 258 g/mol. The van der Waals surface area contributed by atoms with Crippen molar-refractivity contribution in [3.8, 4) is 6.07 Å². The first kappa shape index (κ1) is 11.6. The Labute approximate surface area is 106 Å². The summed E-state index contributed by atoms with van der Waals surface area (Å²) in [6, 6.07) is 5.18. The van der Waals surface area contributed by atoms with Crippen molar-refractivity contribution in [2.45, 2.75) is 0 Å². The van der Waals surface area contributed by atoms with E-state index in [-0.39, 0.29) is 11.5 Å². The van der Waals surface area contributed by atoms with E-state index in [0.717, 1.165) is 0 Å². The maximum absolute atomic E-state index is 11.9. The van der Waals surface area contributed by atoms with E-state index < -0.39 is 0 Å². The highest BCUT2D eigenvalue weighted by molar-refractivity contribution is 7.14. The van der Waals surface area contributed by atoms with Crippen molar-refractivity contribution in [2.75, 3.05) is 5.32 Å². The highest BCUT2D eigenvalue weighted by atomic mass is 35.5. The van der Waals surface area contributed by atoms with Crippen molar-refractivity contribution < 1.29 is 4.79 Å². The molecule has 1 N–H and O–H groups in total. The molecule has 0 aromatic carbocycles. The van der Waals surface area contributed by atoms with Crippen LogP contribution in [-0.4, -0.2) is 10.9 Å². The number of carbonyl (C=O) groups excluding carboxylic acids is 1. The number of rotatable bonds is 2. The first-order valence-corrected chi connectivity index (χ1v) is 5.86. The van der Waals surface area contributed by atoms with Crippen LogP contribution in [0.3, 0.4) is 0 Å². The van der Waals surface area contributed by atoms with Gasteiger partial charge in [0.25, 0.3) is 5.91 Å². The van der Waals surface area contributed by atoms with Crippen molar-refractivity contribution in [2.24, 2.45) is 0 Å². The summed E-state index contributed by atoms with van der Waals surface area (Å²) in [4.78, 5) is 15.7. The molecule has 0 aliphatic carbocycles. The lowest BCUT2D eigenvalue weighted by atomic mass is 10.2. The normalized spacial score (nSPS) is 9.65. The molecule has 0 saturated carbocycles. The molecule has 0 fully saturated rings. The summed E-state index contributed by atoms with van der Waals surface area (Å²) >= 11 is 7.16. The Bertz CT molecular complexity index is 603. The number of anilines is 1. The molecule has 6 heteroatoms. The van der Waals surface area contributed by atoms with Crippen molar-refractivity contribution >= 4 is 33.8 Å². The summed E-state index contributed by atoms with van der Waals surface area (Å²) in [5.74, 6) is -0.373. The maximum atomic E-state index is 11.9. The molecule has 0 saturated heterocycles. The van der Waals surface area contributed by atoms with Crippen LogP contribution in [0.2, 0.25) is 5.02 Å². The molecule has 2 aromatic rings. The fourth-order valence-corrected chi connectivity index (χ4v) is 2.13. The smallest absolute Gasteiger partial charge is 0.259 e. The molecule has 2 rings (SSSR count). The van der Waals surface area contributed by atoms with Gasteiger partial charge in [-0.25, -0.2) is 0 Å². The van der Waals surface area contributed by atoms with Gasteiger partial charge in [-0.1, -0.05) is 11.6 Å². The van der Waals surface area contributed by atoms with E-state index >= 15 is 0 Å². The lowest BCUT2D eigenvalue weighted by Gasteiger charge is -2.04. The number of aromatic nitrogens is 1. The van der Waals surface area contributed by atoms with Gasteiger partial charge in [-0.3, -0.25) is 9.78 Å². The summed E-state index contributed by atoms with van der Waals surface area (Å²) in [7, 11) is 0. The van der Waals surface area contributed by atoms with Crippen LogP contribution in [0.15, 0.2) is 29.9 Å². The molecule has 0 radical (unpaired) electrons. The molecule has 0 unspecified atom stereocenters. The molecule has 0 spiro atoms. The monoisotopic (exact) mass is 263 g/mol. The third-order valence-electron chi connectivity index (χ3n) is 2.03. The number of hydrogen-bond donors (Lipinski definition) is 1. The minimum Gasteiger partial charge on any atom is -0.312 e.